The van der Waals surface area contributed by atoms with Crippen molar-refractivity contribution in [3.63, 3.8) is 0 Å². The van der Waals surface area contributed by atoms with E-state index in [2.05, 4.69) is 23.1 Å². The molecule has 1 unspecified atom stereocenters. The van der Waals surface area contributed by atoms with Gasteiger partial charge >= 0.3 is 0 Å². The second-order valence-corrected chi connectivity index (χ2v) is 5.88. The van der Waals surface area contributed by atoms with Crippen LogP contribution in [0.1, 0.15) is 38.2 Å². The first-order valence-electron chi connectivity index (χ1n) is 8.54. The summed E-state index contributed by atoms with van der Waals surface area (Å²) in [4.78, 5) is 4.32. The van der Waals surface area contributed by atoms with E-state index in [9.17, 15) is 5.11 Å². The van der Waals surface area contributed by atoms with Gasteiger partial charge in [-0.15, -0.1) is 0 Å². The Morgan fingerprint density at radius 1 is 1.08 bits per heavy atom. The summed E-state index contributed by atoms with van der Waals surface area (Å²) in [5.74, 6) is 0.649. The normalized spacial score (nSPS) is 18.9. The molecule has 1 atom stereocenters. The van der Waals surface area contributed by atoms with E-state index in [0.717, 1.165) is 29.7 Å². The van der Waals surface area contributed by atoms with E-state index < -0.39 is 6.23 Å². The third-order valence-electron chi connectivity index (χ3n) is 4.09. The molecular formula is C20H23N3O. The van der Waals surface area contributed by atoms with Crippen LogP contribution in [0.3, 0.4) is 0 Å². The maximum Gasteiger partial charge on any atom is 0.177 e. The number of pyridine rings is 1. The molecule has 1 aromatic carbocycles. The summed E-state index contributed by atoms with van der Waals surface area (Å²) >= 11 is 0. The fourth-order valence-corrected chi connectivity index (χ4v) is 2.81. The molecule has 0 saturated carbocycles. The molecule has 0 radical (unpaired) electrons. The number of rotatable bonds is 6. The summed E-state index contributed by atoms with van der Waals surface area (Å²) in [5, 5.41) is 17.0. The monoisotopic (exact) mass is 321 g/mol. The average Bonchev–Trinajstić information content (AvgIpc) is 2.97. The molecule has 0 spiro atoms. The third kappa shape index (κ3) is 3.54. The van der Waals surface area contributed by atoms with Gasteiger partial charge in [0.1, 0.15) is 0 Å². The highest BCUT2D eigenvalue weighted by atomic mass is 16.3. The van der Waals surface area contributed by atoms with Crippen LogP contribution >= 0.6 is 0 Å². The fourth-order valence-electron chi connectivity index (χ4n) is 2.81. The van der Waals surface area contributed by atoms with Crippen LogP contribution < -0.4 is 5.01 Å². The summed E-state index contributed by atoms with van der Waals surface area (Å²) < 4.78 is 0. The van der Waals surface area contributed by atoms with E-state index in [1.54, 1.807) is 11.2 Å². The second-order valence-electron chi connectivity index (χ2n) is 5.88. The SMILES string of the molecule is CCCCCC=C1C(c2ccccc2)=NN(c2ccccn2)C1O. The maximum absolute atomic E-state index is 10.8. The van der Waals surface area contributed by atoms with Gasteiger partial charge in [0.05, 0.1) is 5.71 Å². The van der Waals surface area contributed by atoms with Crippen molar-refractivity contribution in [3.05, 3.63) is 71.9 Å². The molecule has 2 heterocycles. The van der Waals surface area contributed by atoms with E-state index in [4.69, 9.17) is 0 Å². The number of aliphatic hydroxyl groups is 1. The summed E-state index contributed by atoms with van der Waals surface area (Å²) in [6, 6.07) is 15.6. The zero-order valence-corrected chi connectivity index (χ0v) is 14.0. The lowest BCUT2D eigenvalue weighted by molar-refractivity contribution is 0.217. The van der Waals surface area contributed by atoms with E-state index in [1.807, 2.05) is 48.5 Å². The van der Waals surface area contributed by atoms with Crippen molar-refractivity contribution in [1.29, 1.82) is 0 Å². The summed E-state index contributed by atoms with van der Waals surface area (Å²) in [7, 11) is 0. The Morgan fingerprint density at radius 2 is 1.88 bits per heavy atom. The predicted molar refractivity (Wildman–Crippen MR) is 97.9 cm³/mol. The van der Waals surface area contributed by atoms with E-state index >= 15 is 0 Å². The number of nitrogens with zero attached hydrogens (tertiary/aromatic N) is 3. The lowest BCUT2D eigenvalue weighted by atomic mass is 10.0. The lowest BCUT2D eigenvalue weighted by Gasteiger charge is -2.18. The van der Waals surface area contributed by atoms with Crippen molar-refractivity contribution in [2.45, 2.75) is 38.8 Å². The second kappa shape index (κ2) is 7.88. The minimum absolute atomic E-state index is 0.649. The van der Waals surface area contributed by atoms with Crippen molar-refractivity contribution >= 4 is 11.5 Å². The standard InChI is InChI=1S/C20H23N3O/c1-2-3-4-8-13-17-19(16-11-6-5-7-12-16)22-23(20(17)24)18-14-9-10-15-21-18/h5-7,9-15,20,24H,2-4,8H2,1H3. The summed E-state index contributed by atoms with van der Waals surface area (Å²) in [5.41, 5.74) is 2.70. The quantitative estimate of drug-likeness (QED) is 0.814. The number of hydrogen-bond donors (Lipinski definition) is 1. The minimum atomic E-state index is -0.795. The molecule has 0 saturated heterocycles. The molecule has 124 valence electrons. The smallest absolute Gasteiger partial charge is 0.177 e. The number of unbranched alkanes of at least 4 members (excludes halogenated alkanes) is 3. The molecule has 4 heteroatoms. The highest BCUT2D eigenvalue weighted by Gasteiger charge is 2.32. The molecule has 1 N–H and O–H groups in total. The predicted octanol–water partition coefficient (Wildman–Crippen LogP) is 4.13. The molecule has 1 aliphatic rings. The lowest BCUT2D eigenvalue weighted by Crippen LogP contribution is -2.28. The highest BCUT2D eigenvalue weighted by molar-refractivity contribution is 6.15. The van der Waals surface area contributed by atoms with Crippen molar-refractivity contribution in [3.8, 4) is 0 Å². The van der Waals surface area contributed by atoms with Gasteiger partial charge in [0.15, 0.2) is 12.0 Å². The van der Waals surface area contributed by atoms with Crippen molar-refractivity contribution in [2.24, 2.45) is 5.10 Å². The Bertz CT molecular complexity index is 710. The summed E-state index contributed by atoms with van der Waals surface area (Å²) in [6.45, 7) is 2.19. The number of hydrogen-bond acceptors (Lipinski definition) is 4. The van der Waals surface area contributed by atoms with Gasteiger partial charge in [0.25, 0.3) is 0 Å². The van der Waals surface area contributed by atoms with Gasteiger partial charge in [0, 0.05) is 17.3 Å². The van der Waals surface area contributed by atoms with Gasteiger partial charge < -0.3 is 5.11 Å². The molecule has 4 nitrogen and oxygen atoms in total. The molecule has 24 heavy (non-hydrogen) atoms. The first kappa shape index (κ1) is 16.4. The zero-order chi connectivity index (χ0) is 16.8. The van der Waals surface area contributed by atoms with Gasteiger partial charge in [-0.2, -0.15) is 5.10 Å². The van der Waals surface area contributed by atoms with Crippen LogP contribution in [0.4, 0.5) is 5.82 Å². The molecule has 2 aromatic rings. The van der Waals surface area contributed by atoms with Crippen molar-refractivity contribution in [2.75, 3.05) is 5.01 Å². The average molecular weight is 321 g/mol. The molecular weight excluding hydrogens is 298 g/mol. The first-order chi connectivity index (χ1) is 11.8. The van der Waals surface area contributed by atoms with Crippen molar-refractivity contribution < 1.29 is 5.11 Å². The van der Waals surface area contributed by atoms with Crippen LogP contribution in [-0.4, -0.2) is 22.0 Å². The zero-order valence-electron chi connectivity index (χ0n) is 14.0. The Hall–Kier alpha value is -2.46. The molecule has 0 aliphatic carbocycles. The molecule has 0 bridgehead atoms. The minimum Gasteiger partial charge on any atom is -0.368 e. The van der Waals surface area contributed by atoms with Crippen LogP contribution in [0.2, 0.25) is 0 Å². The number of allylic oxidation sites excluding steroid dienone is 1. The van der Waals surface area contributed by atoms with Gasteiger partial charge in [-0.25, -0.2) is 9.99 Å². The van der Waals surface area contributed by atoms with Crippen LogP contribution in [0.25, 0.3) is 0 Å². The number of benzene rings is 1. The van der Waals surface area contributed by atoms with Gasteiger partial charge in [-0.1, -0.05) is 62.2 Å². The first-order valence-corrected chi connectivity index (χ1v) is 8.54. The molecule has 0 fully saturated rings. The molecule has 1 aromatic heterocycles. The van der Waals surface area contributed by atoms with Gasteiger partial charge in [-0.3, -0.25) is 0 Å². The van der Waals surface area contributed by atoms with Crippen LogP contribution in [0.15, 0.2) is 71.5 Å². The van der Waals surface area contributed by atoms with Crippen LogP contribution in [0, 0.1) is 0 Å². The molecule has 0 amide bonds. The fraction of sp³-hybridized carbons (Fsp3) is 0.300. The number of aromatic nitrogens is 1. The number of aliphatic hydroxyl groups excluding tert-OH is 1. The molecule has 3 rings (SSSR count). The Morgan fingerprint density at radius 3 is 2.58 bits per heavy atom. The van der Waals surface area contributed by atoms with Gasteiger partial charge in [0.2, 0.25) is 0 Å². The van der Waals surface area contributed by atoms with Crippen LogP contribution in [-0.2, 0) is 0 Å². The van der Waals surface area contributed by atoms with Crippen molar-refractivity contribution in [1.82, 2.24) is 4.98 Å². The third-order valence-corrected chi connectivity index (χ3v) is 4.09. The topological polar surface area (TPSA) is 48.7 Å². The van der Waals surface area contributed by atoms with E-state index in [0.29, 0.717) is 5.82 Å². The van der Waals surface area contributed by atoms with Gasteiger partial charge in [-0.05, 0) is 25.0 Å². The Labute approximate surface area is 143 Å². The van der Waals surface area contributed by atoms with E-state index in [1.165, 1.54) is 12.8 Å². The Balaban J connectivity index is 1.93. The summed E-state index contributed by atoms with van der Waals surface area (Å²) in [6.07, 6.45) is 7.49. The maximum atomic E-state index is 10.8. The van der Waals surface area contributed by atoms with Crippen LogP contribution in [0.5, 0.6) is 0 Å². The number of anilines is 1. The largest absolute Gasteiger partial charge is 0.368 e. The highest BCUT2D eigenvalue weighted by Crippen LogP contribution is 2.28. The Kier molecular flexibility index (Phi) is 5.39. The molecule has 1 aliphatic heterocycles. The van der Waals surface area contributed by atoms with E-state index in [-0.39, 0.29) is 0 Å². The number of hydrazone groups is 1.